The summed E-state index contributed by atoms with van der Waals surface area (Å²) in [6, 6.07) is 11.4. The molecule has 0 aromatic heterocycles. The topological polar surface area (TPSA) is 87.7 Å². The van der Waals surface area contributed by atoms with Crippen molar-refractivity contribution in [2.45, 2.75) is 31.2 Å². The number of carbonyl (C=O) groups excluding carboxylic acids is 1. The molecule has 1 amide bonds. The van der Waals surface area contributed by atoms with Crippen molar-refractivity contribution in [2.24, 2.45) is 0 Å². The molecular weight excluding hydrogens is 426 g/mol. The highest BCUT2D eigenvalue weighted by molar-refractivity contribution is 7.92. The van der Waals surface area contributed by atoms with E-state index < -0.39 is 10.0 Å². The third-order valence-corrected chi connectivity index (χ3v) is 6.82. The Hall–Kier alpha value is -2.29. The highest BCUT2D eigenvalue weighted by Gasteiger charge is 2.23. The summed E-state index contributed by atoms with van der Waals surface area (Å²) in [6.07, 6.45) is 0.768. The largest absolute Gasteiger partial charge is 0.378 e. The van der Waals surface area contributed by atoms with Crippen LogP contribution in [0.15, 0.2) is 47.4 Å². The molecule has 0 unspecified atom stereocenters. The fraction of sp³-hybridized carbons (Fsp3) is 0.381. The molecule has 162 valence electrons. The van der Waals surface area contributed by atoms with Crippen LogP contribution < -0.4 is 14.9 Å². The lowest BCUT2D eigenvalue weighted by molar-refractivity contribution is 0.0939. The summed E-state index contributed by atoms with van der Waals surface area (Å²) in [6.45, 7) is 6.35. The number of ether oxygens (including phenoxy) is 1. The van der Waals surface area contributed by atoms with Crippen molar-refractivity contribution in [2.75, 3.05) is 35.9 Å². The van der Waals surface area contributed by atoms with E-state index in [-0.39, 0.29) is 27.4 Å². The van der Waals surface area contributed by atoms with Gasteiger partial charge >= 0.3 is 0 Å². The average molecular weight is 452 g/mol. The number of carbonyl (C=O) groups is 1. The van der Waals surface area contributed by atoms with Crippen molar-refractivity contribution in [3.8, 4) is 0 Å². The molecule has 0 aliphatic carbocycles. The average Bonchev–Trinajstić information content (AvgIpc) is 2.74. The van der Waals surface area contributed by atoms with Crippen LogP contribution in [0.3, 0.4) is 0 Å². The summed E-state index contributed by atoms with van der Waals surface area (Å²) in [5, 5.41) is 2.88. The molecule has 7 nitrogen and oxygen atoms in total. The molecule has 2 aromatic carbocycles. The molecule has 1 fully saturated rings. The number of hydrogen-bond acceptors (Lipinski definition) is 5. The van der Waals surface area contributed by atoms with Gasteiger partial charge in [0.05, 0.1) is 29.6 Å². The van der Waals surface area contributed by atoms with Gasteiger partial charge in [0, 0.05) is 24.7 Å². The molecule has 1 atom stereocenters. The van der Waals surface area contributed by atoms with Gasteiger partial charge in [-0.05, 0) is 43.7 Å². The molecule has 3 rings (SSSR count). The van der Waals surface area contributed by atoms with Crippen LogP contribution in [0.5, 0.6) is 0 Å². The number of sulfonamides is 1. The lowest BCUT2D eigenvalue weighted by atomic mass is 10.2. The second-order valence-corrected chi connectivity index (χ2v) is 9.21. The monoisotopic (exact) mass is 451 g/mol. The molecule has 0 saturated carbocycles. The van der Waals surface area contributed by atoms with E-state index in [1.807, 2.05) is 26.0 Å². The van der Waals surface area contributed by atoms with E-state index in [1.54, 1.807) is 12.1 Å². The molecule has 1 aliphatic rings. The molecule has 1 saturated heterocycles. The normalized spacial score (nSPS) is 15.5. The Bertz CT molecular complexity index is 1010. The smallest absolute Gasteiger partial charge is 0.263 e. The van der Waals surface area contributed by atoms with Crippen LogP contribution in [0.1, 0.15) is 30.6 Å². The second-order valence-electron chi connectivity index (χ2n) is 7.15. The summed E-state index contributed by atoms with van der Waals surface area (Å²) in [5.74, 6) is -0.341. The number of amides is 1. The van der Waals surface area contributed by atoms with E-state index in [0.717, 1.165) is 12.1 Å². The molecule has 1 heterocycles. The Labute approximate surface area is 182 Å². The summed E-state index contributed by atoms with van der Waals surface area (Å²) in [7, 11) is -4.02. The number of para-hydroxylation sites is 2. The molecule has 0 spiro atoms. The van der Waals surface area contributed by atoms with Gasteiger partial charge in [-0.3, -0.25) is 9.52 Å². The van der Waals surface area contributed by atoms with Gasteiger partial charge in [0.1, 0.15) is 4.90 Å². The fourth-order valence-electron chi connectivity index (χ4n) is 3.10. The predicted molar refractivity (Wildman–Crippen MR) is 119 cm³/mol. The van der Waals surface area contributed by atoms with Crippen LogP contribution in [0.2, 0.25) is 5.02 Å². The lowest BCUT2D eigenvalue weighted by Gasteiger charge is -2.30. The summed E-state index contributed by atoms with van der Waals surface area (Å²) >= 11 is 6.20. The quantitative estimate of drug-likeness (QED) is 0.672. The minimum Gasteiger partial charge on any atom is -0.378 e. The van der Waals surface area contributed by atoms with E-state index >= 15 is 0 Å². The Kier molecular flexibility index (Phi) is 7.23. The van der Waals surface area contributed by atoms with Crippen molar-refractivity contribution >= 4 is 38.9 Å². The van der Waals surface area contributed by atoms with Crippen LogP contribution in [0.4, 0.5) is 11.4 Å². The maximum atomic E-state index is 13.1. The maximum absolute atomic E-state index is 13.1. The maximum Gasteiger partial charge on any atom is 0.263 e. The van der Waals surface area contributed by atoms with Crippen LogP contribution in [0, 0.1) is 0 Å². The number of nitrogens with zero attached hydrogens (tertiary/aromatic N) is 1. The van der Waals surface area contributed by atoms with Gasteiger partial charge in [-0.1, -0.05) is 30.7 Å². The first-order valence-electron chi connectivity index (χ1n) is 9.86. The Balaban J connectivity index is 1.89. The highest BCUT2D eigenvalue weighted by Crippen LogP contribution is 2.31. The van der Waals surface area contributed by atoms with Gasteiger partial charge < -0.3 is 15.0 Å². The van der Waals surface area contributed by atoms with Crippen molar-refractivity contribution in [1.29, 1.82) is 0 Å². The zero-order valence-electron chi connectivity index (χ0n) is 17.0. The van der Waals surface area contributed by atoms with Crippen molar-refractivity contribution in [3.05, 3.63) is 53.1 Å². The van der Waals surface area contributed by atoms with E-state index in [9.17, 15) is 13.2 Å². The molecule has 0 bridgehead atoms. The lowest BCUT2D eigenvalue weighted by Crippen LogP contribution is -2.36. The molecule has 30 heavy (non-hydrogen) atoms. The zero-order chi connectivity index (χ0) is 21.7. The molecule has 0 radical (unpaired) electrons. The Morgan fingerprint density at radius 3 is 2.60 bits per heavy atom. The molecule has 1 aliphatic heterocycles. The van der Waals surface area contributed by atoms with Crippen LogP contribution in [-0.4, -0.2) is 46.7 Å². The third-order valence-electron chi connectivity index (χ3n) is 4.97. The van der Waals surface area contributed by atoms with Crippen molar-refractivity contribution < 1.29 is 17.9 Å². The third kappa shape index (κ3) is 5.24. The minimum absolute atomic E-state index is 0.0215. The predicted octanol–water partition coefficient (Wildman–Crippen LogP) is 3.51. The van der Waals surface area contributed by atoms with Crippen LogP contribution in [-0.2, 0) is 14.8 Å². The van der Waals surface area contributed by atoms with E-state index in [1.165, 1.54) is 18.2 Å². The Morgan fingerprint density at radius 1 is 1.20 bits per heavy atom. The molecule has 2 aromatic rings. The standard InChI is InChI=1S/C21H26ClN3O4S/c1-3-15(2)23-21(26)16-8-9-17(22)20(14-16)30(27,28)24-18-6-4-5-7-19(18)25-10-12-29-13-11-25/h4-9,14-15,24H,3,10-13H2,1-2H3,(H,23,26)/t15-/m1/s1. The van der Waals surface area contributed by atoms with Gasteiger partial charge in [0.25, 0.3) is 15.9 Å². The number of anilines is 2. The van der Waals surface area contributed by atoms with Gasteiger partial charge in [0.15, 0.2) is 0 Å². The van der Waals surface area contributed by atoms with E-state index in [0.29, 0.717) is 32.0 Å². The van der Waals surface area contributed by atoms with Crippen LogP contribution in [0.25, 0.3) is 0 Å². The number of rotatable bonds is 7. The number of morpholine rings is 1. The first kappa shape index (κ1) is 22.4. The SMILES string of the molecule is CC[C@@H](C)NC(=O)c1ccc(Cl)c(S(=O)(=O)Nc2ccccc2N2CCOCC2)c1. The number of benzene rings is 2. The van der Waals surface area contributed by atoms with Gasteiger partial charge in [-0.25, -0.2) is 8.42 Å². The van der Waals surface area contributed by atoms with Crippen molar-refractivity contribution in [3.63, 3.8) is 0 Å². The van der Waals surface area contributed by atoms with Gasteiger partial charge in [-0.2, -0.15) is 0 Å². The van der Waals surface area contributed by atoms with E-state index in [4.69, 9.17) is 16.3 Å². The second kappa shape index (κ2) is 9.68. The summed E-state index contributed by atoms with van der Waals surface area (Å²) in [5.41, 5.74) is 1.46. The van der Waals surface area contributed by atoms with Gasteiger partial charge in [0.2, 0.25) is 0 Å². The summed E-state index contributed by atoms with van der Waals surface area (Å²) in [4.78, 5) is 14.4. The number of hydrogen-bond donors (Lipinski definition) is 2. The van der Waals surface area contributed by atoms with Crippen molar-refractivity contribution in [1.82, 2.24) is 5.32 Å². The van der Waals surface area contributed by atoms with E-state index in [2.05, 4.69) is 14.9 Å². The fourth-order valence-corrected chi connectivity index (χ4v) is 4.70. The van der Waals surface area contributed by atoms with Gasteiger partial charge in [-0.15, -0.1) is 0 Å². The van der Waals surface area contributed by atoms with Crippen LogP contribution >= 0.6 is 11.6 Å². The highest BCUT2D eigenvalue weighted by atomic mass is 35.5. The Morgan fingerprint density at radius 2 is 1.90 bits per heavy atom. The number of nitrogens with one attached hydrogen (secondary N) is 2. The first-order chi connectivity index (χ1) is 14.3. The minimum atomic E-state index is -4.02. The molecule has 9 heteroatoms. The summed E-state index contributed by atoms with van der Waals surface area (Å²) < 4.78 is 34.3. The first-order valence-corrected chi connectivity index (χ1v) is 11.7. The zero-order valence-corrected chi connectivity index (χ0v) is 18.6. The molecular formula is C21H26ClN3O4S. The number of halogens is 1. The molecule has 2 N–H and O–H groups in total.